The van der Waals surface area contributed by atoms with Crippen LogP contribution in [0.4, 0.5) is 0 Å². The summed E-state index contributed by atoms with van der Waals surface area (Å²) in [6.45, 7) is 0.972. The first-order valence-electron chi connectivity index (χ1n) is 7.85. The monoisotopic (exact) mass is 266 g/mol. The van der Waals surface area contributed by atoms with Gasteiger partial charge in [-0.15, -0.1) is 5.01 Å². The molecule has 2 saturated carbocycles. The van der Waals surface area contributed by atoms with Crippen LogP contribution < -0.4 is 5.11 Å². The summed E-state index contributed by atoms with van der Waals surface area (Å²) in [7, 11) is 2.56. The van der Waals surface area contributed by atoms with Gasteiger partial charge < -0.3 is 9.90 Å². The van der Waals surface area contributed by atoms with Crippen LogP contribution >= 0.6 is 0 Å². The maximum Gasteiger partial charge on any atom is 0.107 e. The van der Waals surface area contributed by atoms with Gasteiger partial charge in [0.15, 0.2) is 0 Å². The number of carbonyl (C=O) groups is 1. The third-order valence-corrected chi connectivity index (χ3v) is 6.06. The molecule has 4 heterocycles. The highest BCUT2D eigenvalue weighted by Gasteiger charge is 2.61. The fourth-order valence-corrected chi connectivity index (χ4v) is 5.37. The summed E-state index contributed by atoms with van der Waals surface area (Å²) in [5, 5.41) is 11.8. The lowest BCUT2D eigenvalue weighted by Gasteiger charge is -2.68. The van der Waals surface area contributed by atoms with Crippen molar-refractivity contribution in [2.75, 3.05) is 7.05 Å². The predicted molar refractivity (Wildman–Crippen MR) is 70.8 cm³/mol. The summed E-state index contributed by atoms with van der Waals surface area (Å²) in [6, 6.07) is 3.88. The first-order chi connectivity index (χ1) is 9.03. The molecule has 0 aromatic carbocycles. The summed E-state index contributed by atoms with van der Waals surface area (Å²) in [5.41, 5.74) is 0. The van der Waals surface area contributed by atoms with Gasteiger partial charge in [-0.2, -0.15) is 0 Å². The fraction of sp³-hybridized carbons (Fsp3) is 0.933. The largest absolute Gasteiger partial charge is 0.550 e. The summed E-state index contributed by atoms with van der Waals surface area (Å²) >= 11 is 0. The van der Waals surface area contributed by atoms with Crippen LogP contribution in [0.2, 0.25) is 0 Å². The zero-order valence-corrected chi connectivity index (χ0v) is 12.2. The van der Waals surface area contributed by atoms with E-state index in [0.717, 1.165) is 31.1 Å². The third kappa shape index (κ3) is 2.00. The molecule has 6 fully saturated rings. The quantitative estimate of drug-likeness (QED) is 0.616. The van der Waals surface area contributed by atoms with E-state index in [1.807, 2.05) is 0 Å². The standard InChI is InChI=1S/C13H23N2.C2H4O2/c1-15-12-6-2-10(3-7-12)14(15)11-4-8-13(15)9-5-11;1-2(3)4/h10-13H,2-9H2,1H3;1H3,(H,3,4)/q+1;/p-1. The Balaban J connectivity index is 0.000000247. The van der Waals surface area contributed by atoms with Gasteiger partial charge in [0.1, 0.15) is 12.1 Å². The molecule has 6 rings (SSSR count). The maximum atomic E-state index is 8.89. The number of carboxylic acid groups (broad SMARTS) is 1. The first kappa shape index (κ1) is 13.4. The number of quaternary nitrogens is 1. The van der Waals surface area contributed by atoms with Crippen LogP contribution in [0.5, 0.6) is 0 Å². The van der Waals surface area contributed by atoms with E-state index in [-0.39, 0.29) is 0 Å². The van der Waals surface area contributed by atoms with E-state index in [0.29, 0.717) is 0 Å². The van der Waals surface area contributed by atoms with Crippen molar-refractivity contribution in [3.05, 3.63) is 0 Å². The van der Waals surface area contributed by atoms with Gasteiger partial charge in [0.25, 0.3) is 0 Å². The Morgan fingerprint density at radius 2 is 1.26 bits per heavy atom. The highest BCUT2D eigenvalue weighted by atomic mass is 16.4. The molecule has 0 aromatic rings. The number of rotatable bonds is 0. The molecule has 0 aromatic heterocycles. The maximum absolute atomic E-state index is 8.89. The van der Waals surface area contributed by atoms with E-state index in [1.54, 1.807) is 0 Å². The second-order valence-corrected chi connectivity index (χ2v) is 6.89. The average Bonchev–Trinajstić information content (AvgIpc) is 2.40. The molecule has 4 nitrogen and oxygen atoms in total. The van der Waals surface area contributed by atoms with E-state index < -0.39 is 5.97 Å². The van der Waals surface area contributed by atoms with Crippen LogP contribution in [0.1, 0.15) is 58.3 Å². The van der Waals surface area contributed by atoms with Crippen molar-refractivity contribution < 1.29 is 14.5 Å². The molecule has 4 aliphatic heterocycles. The Morgan fingerprint density at radius 3 is 1.53 bits per heavy atom. The molecule has 4 heteroatoms. The van der Waals surface area contributed by atoms with Gasteiger partial charge >= 0.3 is 0 Å². The molecule has 0 amide bonds. The van der Waals surface area contributed by atoms with Gasteiger partial charge in [-0.05, 0) is 32.6 Å². The molecule has 0 atom stereocenters. The van der Waals surface area contributed by atoms with Crippen LogP contribution in [0, 0.1) is 0 Å². The van der Waals surface area contributed by atoms with Crippen molar-refractivity contribution in [2.45, 2.75) is 82.5 Å². The van der Waals surface area contributed by atoms with Crippen molar-refractivity contribution in [2.24, 2.45) is 0 Å². The first-order valence-corrected chi connectivity index (χ1v) is 7.85. The molecule has 19 heavy (non-hydrogen) atoms. The lowest BCUT2D eigenvalue weighted by Crippen LogP contribution is -2.81. The Hall–Kier alpha value is -0.610. The lowest BCUT2D eigenvalue weighted by molar-refractivity contribution is -1.09. The Morgan fingerprint density at radius 1 is 0.947 bits per heavy atom. The van der Waals surface area contributed by atoms with Crippen molar-refractivity contribution >= 4 is 5.97 Å². The Labute approximate surface area is 115 Å². The highest BCUT2D eigenvalue weighted by Crippen LogP contribution is 2.51. The third-order valence-electron chi connectivity index (χ3n) is 6.06. The highest BCUT2D eigenvalue weighted by molar-refractivity contribution is 5.60. The van der Waals surface area contributed by atoms with Gasteiger partial charge in [-0.25, -0.2) is 4.59 Å². The smallest absolute Gasteiger partial charge is 0.107 e. The number of aliphatic carboxylic acids is 1. The number of carbonyl (C=O) groups excluding carboxylic acids is 1. The molecule has 4 saturated heterocycles. The van der Waals surface area contributed by atoms with Crippen molar-refractivity contribution in [3.63, 3.8) is 0 Å². The predicted octanol–water partition coefficient (Wildman–Crippen LogP) is 1.06. The van der Waals surface area contributed by atoms with Gasteiger partial charge in [-0.3, -0.25) is 0 Å². The van der Waals surface area contributed by atoms with Gasteiger partial charge in [-0.1, -0.05) is 0 Å². The fourth-order valence-electron chi connectivity index (χ4n) is 5.37. The summed E-state index contributed by atoms with van der Waals surface area (Å²) in [6.07, 6.45) is 12.1. The molecule has 2 aliphatic carbocycles. The number of carboxylic acids is 1. The van der Waals surface area contributed by atoms with Gasteiger partial charge in [0.2, 0.25) is 0 Å². The van der Waals surface area contributed by atoms with Crippen LogP contribution in [-0.2, 0) is 4.79 Å². The average molecular weight is 266 g/mol. The van der Waals surface area contributed by atoms with Crippen LogP contribution in [-0.4, -0.2) is 46.8 Å². The summed E-state index contributed by atoms with van der Waals surface area (Å²) in [4.78, 5) is 8.89. The van der Waals surface area contributed by atoms with E-state index >= 15 is 0 Å². The molecular weight excluding hydrogens is 240 g/mol. The van der Waals surface area contributed by atoms with Crippen LogP contribution in [0.15, 0.2) is 0 Å². The van der Waals surface area contributed by atoms with E-state index in [2.05, 4.69) is 12.1 Å². The SMILES string of the molecule is CC(=O)[O-].C[N+]12C3CCC(CC3)N1C1CCC2CC1. The molecule has 0 N–H and O–H groups in total. The summed E-state index contributed by atoms with van der Waals surface area (Å²) in [5.74, 6) is -1.08. The zero-order chi connectivity index (χ0) is 13.6. The molecule has 6 aliphatic rings. The Bertz CT molecular complexity index is 327. The molecule has 108 valence electrons. The Kier molecular flexibility index (Phi) is 3.34. The molecule has 0 unspecified atom stereocenters. The minimum absolute atomic E-state index is 0.952. The van der Waals surface area contributed by atoms with Crippen molar-refractivity contribution in [3.8, 4) is 0 Å². The van der Waals surface area contributed by atoms with E-state index in [1.165, 1.54) is 56.0 Å². The molecule has 4 bridgehead atoms. The van der Waals surface area contributed by atoms with E-state index in [9.17, 15) is 0 Å². The van der Waals surface area contributed by atoms with Crippen LogP contribution in [0.3, 0.4) is 0 Å². The molecular formula is C15H26N2O2. The second-order valence-electron chi connectivity index (χ2n) is 6.89. The summed E-state index contributed by atoms with van der Waals surface area (Å²) < 4.78 is 1.37. The number of hydrogen-bond donors (Lipinski definition) is 0. The van der Waals surface area contributed by atoms with Crippen LogP contribution in [0.25, 0.3) is 0 Å². The van der Waals surface area contributed by atoms with Gasteiger partial charge in [0.05, 0.1) is 19.1 Å². The number of nitrogens with zero attached hydrogens (tertiary/aromatic N) is 2. The minimum Gasteiger partial charge on any atom is -0.550 e. The normalized spacial score (nSPS) is 50.1. The molecule has 0 spiro atoms. The van der Waals surface area contributed by atoms with Gasteiger partial charge in [0, 0.05) is 31.7 Å². The lowest BCUT2D eigenvalue weighted by atomic mass is 9.76. The van der Waals surface area contributed by atoms with Crippen molar-refractivity contribution in [1.82, 2.24) is 5.01 Å². The molecule has 0 radical (unpaired) electrons. The number of hydrogen-bond acceptors (Lipinski definition) is 3. The zero-order valence-electron chi connectivity index (χ0n) is 12.2. The van der Waals surface area contributed by atoms with E-state index in [4.69, 9.17) is 9.90 Å². The minimum atomic E-state index is -1.08. The van der Waals surface area contributed by atoms with Crippen molar-refractivity contribution in [1.29, 1.82) is 0 Å². The number of fused-ring (bicyclic) bond motifs is 4. The topological polar surface area (TPSA) is 43.4 Å². The second kappa shape index (κ2) is 4.74.